The van der Waals surface area contributed by atoms with Crippen molar-refractivity contribution in [3.8, 4) is 0 Å². The fourth-order valence-electron chi connectivity index (χ4n) is 1.59. The van der Waals surface area contributed by atoms with E-state index in [-0.39, 0.29) is 6.10 Å². The summed E-state index contributed by atoms with van der Waals surface area (Å²) >= 11 is 0. The highest BCUT2D eigenvalue weighted by atomic mass is 16.5. The highest BCUT2D eigenvalue weighted by Gasteiger charge is 2.40. The van der Waals surface area contributed by atoms with Crippen LogP contribution >= 0.6 is 0 Å². The molecule has 0 spiro atoms. The van der Waals surface area contributed by atoms with Crippen LogP contribution in [0, 0.1) is 0 Å². The number of rotatable bonds is 4. The Kier molecular flexibility index (Phi) is 3.30. The maximum Gasteiger partial charge on any atom is 0.0986 e. The molecule has 1 aliphatic rings. The van der Waals surface area contributed by atoms with E-state index in [1.165, 1.54) is 0 Å². The Hall–Kier alpha value is -0.120. The van der Waals surface area contributed by atoms with Gasteiger partial charge in [0.25, 0.3) is 0 Å². The summed E-state index contributed by atoms with van der Waals surface area (Å²) in [6, 6.07) is 0.495. The summed E-state index contributed by atoms with van der Waals surface area (Å²) in [4.78, 5) is 0. The fourth-order valence-corrected chi connectivity index (χ4v) is 1.59. The molecule has 0 saturated heterocycles. The Balaban J connectivity index is 2.27. The molecule has 0 heterocycles. The molecule has 1 fully saturated rings. The highest BCUT2D eigenvalue weighted by molar-refractivity contribution is 4.96. The summed E-state index contributed by atoms with van der Waals surface area (Å²) in [7, 11) is 3.47. The molecule has 0 aromatic heterocycles. The van der Waals surface area contributed by atoms with E-state index in [4.69, 9.17) is 9.47 Å². The molecule has 3 nitrogen and oxygen atoms in total. The molecule has 1 rings (SSSR count). The standard InChI is InChI=1S/C8H17NO2/c1-4-9-6-5-7(10-2)8(6)11-3/h6-9H,4-5H2,1-3H3. The molecule has 11 heavy (non-hydrogen) atoms. The molecule has 1 aliphatic carbocycles. The largest absolute Gasteiger partial charge is 0.379 e. The molecule has 0 aliphatic heterocycles. The highest BCUT2D eigenvalue weighted by Crippen LogP contribution is 2.25. The molecular weight excluding hydrogens is 142 g/mol. The Bertz CT molecular complexity index is 119. The van der Waals surface area contributed by atoms with Crippen LogP contribution in [0.5, 0.6) is 0 Å². The lowest BCUT2D eigenvalue weighted by Gasteiger charge is -2.42. The Morgan fingerprint density at radius 2 is 2.09 bits per heavy atom. The minimum absolute atomic E-state index is 0.250. The van der Waals surface area contributed by atoms with Crippen molar-refractivity contribution in [3.05, 3.63) is 0 Å². The van der Waals surface area contributed by atoms with E-state index in [2.05, 4.69) is 12.2 Å². The van der Waals surface area contributed by atoms with Gasteiger partial charge in [-0.3, -0.25) is 0 Å². The van der Waals surface area contributed by atoms with Gasteiger partial charge in [-0.25, -0.2) is 0 Å². The second kappa shape index (κ2) is 4.04. The predicted molar refractivity (Wildman–Crippen MR) is 43.7 cm³/mol. The van der Waals surface area contributed by atoms with Crippen LogP contribution in [0.3, 0.4) is 0 Å². The average molecular weight is 159 g/mol. The third-order valence-corrected chi connectivity index (χ3v) is 2.29. The molecule has 0 radical (unpaired) electrons. The van der Waals surface area contributed by atoms with Crippen LogP contribution in [0.25, 0.3) is 0 Å². The van der Waals surface area contributed by atoms with Crippen molar-refractivity contribution in [2.75, 3.05) is 20.8 Å². The van der Waals surface area contributed by atoms with Gasteiger partial charge in [0.15, 0.2) is 0 Å². The van der Waals surface area contributed by atoms with Gasteiger partial charge >= 0.3 is 0 Å². The lowest BCUT2D eigenvalue weighted by Crippen LogP contribution is -2.59. The minimum atomic E-state index is 0.250. The Labute approximate surface area is 68.1 Å². The normalized spacial score (nSPS) is 36.8. The van der Waals surface area contributed by atoms with Crippen LogP contribution in [-0.2, 0) is 9.47 Å². The monoisotopic (exact) mass is 159 g/mol. The van der Waals surface area contributed by atoms with Gasteiger partial charge in [0.2, 0.25) is 0 Å². The first-order valence-corrected chi connectivity index (χ1v) is 4.12. The average Bonchev–Trinajstić information content (AvgIpc) is 1.98. The summed E-state index contributed by atoms with van der Waals surface area (Å²) in [5.41, 5.74) is 0. The van der Waals surface area contributed by atoms with Crippen molar-refractivity contribution in [2.45, 2.75) is 31.6 Å². The van der Waals surface area contributed by atoms with Crippen molar-refractivity contribution in [2.24, 2.45) is 0 Å². The van der Waals surface area contributed by atoms with Gasteiger partial charge in [-0.05, 0) is 13.0 Å². The van der Waals surface area contributed by atoms with Gasteiger partial charge in [-0.2, -0.15) is 0 Å². The van der Waals surface area contributed by atoms with E-state index in [1.54, 1.807) is 14.2 Å². The van der Waals surface area contributed by atoms with E-state index in [9.17, 15) is 0 Å². The number of hydrogen-bond acceptors (Lipinski definition) is 3. The van der Waals surface area contributed by atoms with Crippen LogP contribution in [0.15, 0.2) is 0 Å². The van der Waals surface area contributed by atoms with Crippen LogP contribution in [0.1, 0.15) is 13.3 Å². The van der Waals surface area contributed by atoms with Crippen molar-refractivity contribution in [3.63, 3.8) is 0 Å². The van der Waals surface area contributed by atoms with E-state index >= 15 is 0 Å². The molecule has 66 valence electrons. The molecule has 0 aromatic rings. The maximum absolute atomic E-state index is 5.27. The van der Waals surface area contributed by atoms with Gasteiger partial charge in [0.05, 0.1) is 12.2 Å². The molecular formula is C8H17NO2. The van der Waals surface area contributed by atoms with Crippen LogP contribution in [0.4, 0.5) is 0 Å². The number of likely N-dealkylation sites (N-methyl/N-ethyl adjacent to an activating group) is 1. The summed E-state index contributed by atoms with van der Waals surface area (Å²) in [6.45, 7) is 3.10. The molecule has 1 saturated carbocycles. The number of nitrogens with one attached hydrogen (secondary N) is 1. The molecule has 1 N–H and O–H groups in total. The minimum Gasteiger partial charge on any atom is -0.379 e. The zero-order valence-corrected chi connectivity index (χ0v) is 7.46. The first-order valence-electron chi connectivity index (χ1n) is 4.12. The Morgan fingerprint density at radius 1 is 1.36 bits per heavy atom. The third-order valence-electron chi connectivity index (χ3n) is 2.29. The lowest BCUT2D eigenvalue weighted by molar-refractivity contribution is -0.118. The van der Waals surface area contributed by atoms with Gasteiger partial charge in [-0.1, -0.05) is 6.92 Å². The maximum atomic E-state index is 5.27. The van der Waals surface area contributed by atoms with E-state index in [0.717, 1.165) is 13.0 Å². The number of methoxy groups -OCH3 is 2. The van der Waals surface area contributed by atoms with Crippen LogP contribution in [0.2, 0.25) is 0 Å². The zero-order valence-electron chi connectivity index (χ0n) is 7.46. The molecule has 3 unspecified atom stereocenters. The smallest absolute Gasteiger partial charge is 0.0986 e. The molecule has 0 aromatic carbocycles. The lowest BCUT2D eigenvalue weighted by atomic mass is 9.85. The first-order chi connectivity index (χ1) is 5.33. The second-order valence-corrected chi connectivity index (χ2v) is 2.87. The predicted octanol–water partition coefficient (Wildman–Crippen LogP) is 0.398. The van der Waals surface area contributed by atoms with Gasteiger partial charge in [-0.15, -0.1) is 0 Å². The van der Waals surface area contributed by atoms with Gasteiger partial charge in [0.1, 0.15) is 0 Å². The molecule has 0 amide bonds. The zero-order chi connectivity index (χ0) is 8.27. The molecule has 3 atom stereocenters. The SMILES string of the molecule is CCNC1CC(OC)C1OC. The topological polar surface area (TPSA) is 30.5 Å². The quantitative estimate of drug-likeness (QED) is 0.644. The number of hydrogen-bond donors (Lipinski definition) is 1. The summed E-state index contributed by atoms with van der Waals surface area (Å²) in [5.74, 6) is 0. The fraction of sp³-hybridized carbons (Fsp3) is 1.00. The van der Waals surface area contributed by atoms with Crippen molar-refractivity contribution in [1.29, 1.82) is 0 Å². The van der Waals surface area contributed by atoms with Gasteiger partial charge in [0, 0.05) is 20.3 Å². The molecule has 0 bridgehead atoms. The summed E-state index contributed by atoms with van der Waals surface area (Å²) in [6.07, 6.45) is 1.62. The van der Waals surface area contributed by atoms with Crippen LogP contribution < -0.4 is 5.32 Å². The van der Waals surface area contributed by atoms with E-state index in [0.29, 0.717) is 12.1 Å². The van der Waals surface area contributed by atoms with Crippen molar-refractivity contribution in [1.82, 2.24) is 5.32 Å². The third kappa shape index (κ3) is 1.72. The van der Waals surface area contributed by atoms with Crippen LogP contribution in [-0.4, -0.2) is 39.0 Å². The summed E-state index contributed by atoms with van der Waals surface area (Å²) < 4.78 is 10.5. The van der Waals surface area contributed by atoms with Crippen molar-refractivity contribution >= 4 is 0 Å². The van der Waals surface area contributed by atoms with E-state index in [1.807, 2.05) is 0 Å². The van der Waals surface area contributed by atoms with Gasteiger partial charge < -0.3 is 14.8 Å². The summed E-state index contributed by atoms with van der Waals surface area (Å²) in [5, 5.41) is 3.34. The van der Waals surface area contributed by atoms with Crippen molar-refractivity contribution < 1.29 is 9.47 Å². The molecule has 3 heteroatoms. The first kappa shape index (κ1) is 8.97. The second-order valence-electron chi connectivity index (χ2n) is 2.87. The van der Waals surface area contributed by atoms with E-state index < -0.39 is 0 Å². The Morgan fingerprint density at radius 3 is 2.55 bits per heavy atom. The number of ether oxygens (including phenoxy) is 2.